The molecule has 2 rings (SSSR count). The third kappa shape index (κ3) is 1.42. The van der Waals surface area contributed by atoms with Crippen LogP contribution in [0.25, 0.3) is 0 Å². The number of nitrogens with two attached hydrogens (primary N) is 1. The Labute approximate surface area is 94.0 Å². The van der Waals surface area contributed by atoms with E-state index in [-0.39, 0.29) is 6.04 Å². The van der Waals surface area contributed by atoms with Crippen molar-refractivity contribution in [3.05, 3.63) is 31.3 Å². The van der Waals surface area contributed by atoms with Crippen molar-refractivity contribution in [3.63, 3.8) is 0 Å². The predicted molar refractivity (Wildman–Crippen MR) is 62.1 cm³/mol. The first-order chi connectivity index (χ1) is 5.68. The summed E-state index contributed by atoms with van der Waals surface area (Å²) < 4.78 is 2.44. The molecule has 0 saturated heterocycles. The van der Waals surface area contributed by atoms with E-state index in [1.54, 1.807) is 0 Å². The number of benzene rings is 1. The maximum Gasteiger partial charge on any atom is 0.0311 e. The van der Waals surface area contributed by atoms with Crippen molar-refractivity contribution in [2.75, 3.05) is 0 Å². The van der Waals surface area contributed by atoms with E-state index in [0.717, 1.165) is 12.8 Å². The van der Waals surface area contributed by atoms with Crippen LogP contribution in [0.5, 0.6) is 0 Å². The molecule has 0 amide bonds. The molecule has 0 spiro atoms. The number of aryl methyl sites for hydroxylation is 1. The second-order valence-corrected chi connectivity index (χ2v) is 5.13. The van der Waals surface area contributed by atoms with E-state index < -0.39 is 0 Å². The van der Waals surface area contributed by atoms with Crippen molar-refractivity contribution >= 4 is 38.5 Å². The van der Waals surface area contributed by atoms with Crippen molar-refractivity contribution < 1.29 is 0 Å². The van der Waals surface area contributed by atoms with Crippen molar-refractivity contribution in [1.29, 1.82) is 0 Å². The molecule has 64 valence electrons. The van der Waals surface area contributed by atoms with Crippen molar-refractivity contribution in [2.45, 2.75) is 18.9 Å². The van der Waals surface area contributed by atoms with Crippen LogP contribution in [0, 0.1) is 3.57 Å². The third-order valence-corrected chi connectivity index (χ3v) is 4.60. The minimum absolute atomic E-state index is 0.265. The Balaban J connectivity index is 2.56. The zero-order chi connectivity index (χ0) is 8.72. The van der Waals surface area contributed by atoms with Crippen LogP contribution in [0.15, 0.2) is 16.6 Å². The SMILES string of the molecule is N[C@@H]1CCc2cc(Br)c(I)cc21. The molecule has 1 aliphatic rings. The first-order valence-corrected chi connectivity index (χ1v) is 5.79. The lowest BCUT2D eigenvalue weighted by molar-refractivity contribution is 0.713. The lowest BCUT2D eigenvalue weighted by Crippen LogP contribution is -2.05. The van der Waals surface area contributed by atoms with Crippen LogP contribution < -0.4 is 5.73 Å². The fourth-order valence-electron chi connectivity index (χ4n) is 1.63. The second kappa shape index (κ2) is 3.27. The molecular formula is C9H9BrIN. The van der Waals surface area contributed by atoms with Crippen molar-refractivity contribution in [1.82, 2.24) is 0 Å². The van der Waals surface area contributed by atoms with E-state index in [1.807, 2.05) is 0 Å². The summed E-state index contributed by atoms with van der Waals surface area (Å²) in [7, 11) is 0. The van der Waals surface area contributed by atoms with Crippen LogP contribution in [0.4, 0.5) is 0 Å². The summed E-state index contributed by atoms with van der Waals surface area (Å²) in [5, 5.41) is 0. The lowest BCUT2D eigenvalue weighted by Gasteiger charge is -2.06. The summed E-state index contributed by atoms with van der Waals surface area (Å²) in [5.41, 5.74) is 8.69. The Morgan fingerprint density at radius 3 is 3.00 bits per heavy atom. The van der Waals surface area contributed by atoms with Gasteiger partial charge in [-0.25, -0.2) is 0 Å². The van der Waals surface area contributed by atoms with E-state index in [4.69, 9.17) is 5.73 Å². The zero-order valence-electron chi connectivity index (χ0n) is 6.48. The molecule has 0 bridgehead atoms. The summed E-state index contributed by atoms with van der Waals surface area (Å²) >= 11 is 5.85. The number of hydrogen-bond donors (Lipinski definition) is 1. The van der Waals surface area contributed by atoms with Crippen LogP contribution in [-0.2, 0) is 6.42 Å². The van der Waals surface area contributed by atoms with E-state index in [0.29, 0.717) is 0 Å². The molecule has 0 unspecified atom stereocenters. The van der Waals surface area contributed by atoms with Gasteiger partial charge in [0.25, 0.3) is 0 Å². The zero-order valence-corrected chi connectivity index (χ0v) is 10.2. The first kappa shape index (κ1) is 8.97. The van der Waals surface area contributed by atoms with Gasteiger partial charge in [0.1, 0.15) is 0 Å². The van der Waals surface area contributed by atoms with Gasteiger partial charge in [-0.2, -0.15) is 0 Å². The van der Waals surface area contributed by atoms with Crippen molar-refractivity contribution in [2.24, 2.45) is 5.73 Å². The normalized spacial score (nSPS) is 21.1. The van der Waals surface area contributed by atoms with Gasteiger partial charge >= 0.3 is 0 Å². The maximum absolute atomic E-state index is 5.95. The van der Waals surface area contributed by atoms with Crippen LogP contribution in [0.2, 0.25) is 0 Å². The van der Waals surface area contributed by atoms with Gasteiger partial charge in [-0.3, -0.25) is 0 Å². The highest BCUT2D eigenvalue weighted by Gasteiger charge is 2.19. The average Bonchev–Trinajstić information content (AvgIpc) is 2.35. The summed E-state index contributed by atoms with van der Waals surface area (Å²) in [4.78, 5) is 0. The minimum atomic E-state index is 0.265. The third-order valence-electron chi connectivity index (χ3n) is 2.31. The van der Waals surface area contributed by atoms with Crippen LogP contribution in [0.1, 0.15) is 23.6 Å². The average molecular weight is 338 g/mol. The van der Waals surface area contributed by atoms with Gasteiger partial charge in [-0.05, 0) is 74.6 Å². The van der Waals surface area contributed by atoms with Gasteiger partial charge in [0.2, 0.25) is 0 Å². The summed E-state index contributed by atoms with van der Waals surface area (Å²) in [6.07, 6.45) is 2.23. The Hall–Kier alpha value is 0.390. The molecule has 0 radical (unpaired) electrons. The molecule has 1 atom stereocenters. The summed E-state index contributed by atoms with van der Waals surface area (Å²) in [5.74, 6) is 0. The Morgan fingerprint density at radius 1 is 1.50 bits per heavy atom. The highest BCUT2D eigenvalue weighted by molar-refractivity contribution is 14.1. The van der Waals surface area contributed by atoms with Gasteiger partial charge in [0.05, 0.1) is 0 Å². The number of rotatable bonds is 0. The van der Waals surface area contributed by atoms with Gasteiger partial charge < -0.3 is 5.73 Å². The van der Waals surface area contributed by atoms with Gasteiger partial charge in [-0.1, -0.05) is 0 Å². The van der Waals surface area contributed by atoms with E-state index in [2.05, 4.69) is 50.7 Å². The van der Waals surface area contributed by atoms with E-state index in [9.17, 15) is 0 Å². The van der Waals surface area contributed by atoms with Gasteiger partial charge in [0.15, 0.2) is 0 Å². The molecule has 1 aliphatic carbocycles. The fourth-order valence-corrected chi connectivity index (χ4v) is 2.51. The molecule has 0 heterocycles. The predicted octanol–water partition coefficient (Wildman–Crippen LogP) is 3.00. The molecule has 0 fully saturated rings. The fraction of sp³-hybridized carbons (Fsp3) is 0.333. The monoisotopic (exact) mass is 337 g/mol. The molecule has 1 nitrogen and oxygen atoms in total. The van der Waals surface area contributed by atoms with Crippen LogP contribution in [-0.4, -0.2) is 0 Å². The Morgan fingerprint density at radius 2 is 2.25 bits per heavy atom. The Kier molecular flexibility index (Phi) is 2.44. The topological polar surface area (TPSA) is 26.0 Å². The lowest BCUT2D eigenvalue weighted by atomic mass is 10.1. The molecule has 0 saturated carbocycles. The molecule has 0 aromatic heterocycles. The quantitative estimate of drug-likeness (QED) is 0.724. The molecule has 2 N–H and O–H groups in total. The minimum Gasteiger partial charge on any atom is -0.324 e. The molecule has 1 aromatic carbocycles. The van der Waals surface area contributed by atoms with Crippen LogP contribution >= 0.6 is 38.5 Å². The van der Waals surface area contributed by atoms with E-state index >= 15 is 0 Å². The standard InChI is InChI=1S/C9H9BrIN/c10-7-3-5-1-2-9(12)6(5)4-8(7)11/h3-4,9H,1-2,12H2/t9-/m1/s1. The maximum atomic E-state index is 5.95. The second-order valence-electron chi connectivity index (χ2n) is 3.11. The number of hydrogen-bond acceptors (Lipinski definition) is 1. The smallest absolute Gasteiger partial charge is 0.0311 e. The van der Waals surface area contributed by atoms with Gasteiger partial charge in [-0.15, -0.1) is 0 Å². The molecule has 1 aromatic rings. The summed E-state index contributed by atoms with van der Waals surface area (Å²) in [6, 6.07) is 4.66. The van der Waals surface area contributed by atoms with E-state index in [1.165, 1.54) is 19.2 Å². The molecule has 0 aliphatic heterocycles. The largest absolute Gasteiger partial charge is 0.324 e. The highest BCUT2D eigenvalue weighted by Crippen LogP contribution is 2.33. The van der Waals surface area contributed by atoms with Crippen LogP contribution in [0.3, 0.4) is 0 Å². The number of halogens is 2. The molecule has 12 heavy (non-hydrogen) atoms. The van der Waals surface area contributed by atoms with Gasteiger partial charge in [0, 0.05) is 14.1 Å². The Bertz CT molecular complexity index is 325. The highest BCUT2D eigenvalue weighted by atomic mass is 127. The first-order valence-electron chi connectivity index (χ1n) is 3.92. The molecule has 3 heteroatoms. The molecular weight excluding hydrogens is 329 g/mol. The summed E-state index contributed by atoms with van der Waals surface area (Å²) in [6.45, 7) is 0. The van der Waals surface area contributed by atoms with Crippen molar-refractivity contribution in [3.8, 4) is 0 Å². The number of fused-ring (bicyclic) bond motifs is 1.